The van der Waals surface area contributed by atoms with E-state index in [0.29, 0.717) is 23.5 Å². The van der Waals surface area contributed by atoms with Gasteiger partial charge in [-0.2, -0.15) is 0 Å². The van der Waals surface area contributed by atoms with Gasteiger partial charge in [-0.15, -0.1) is 10.2 Å². The van der Waals surface area contributed by atoms with Gasteiger partial charge in [-0.1, -0.05) is 0 Å². The Balaban J connectivity index is 1.78. The number of benzene rings is 1. The maximum absolute atomic E-state index is 12.4. The number of hydrogen-bond acceptors (Lipinski definition) is 5. The van der Waals surface area contributed by atoms with Gasteiger partial charge < -0.3 is 20.9 Å². The Hall–Kier alpha value is -2.57. The first kappa shape index (κ1) is 13.4. The van der Waals surface area contributed by atoms with Crippen LogP contribution in [-0.4, -0.2) is 32.6 Å². The molecule has 0 unspecified atom stereocenters. The van der Waals surface area contributed by atoms with Crippen molar-refractivity contribution >= 4 is 17.3 Å². The first-order valence-corrected chi connectivity index (χ1v) is 6.87. The molecule has 4 N–H and O–H groups in total. The Labute approximate surface area is 122 Å². The second kappa shape index (κ2) is 5.08. The number of nitrogens with zero attached hydrogens (tertiary/aromatic N) is 4. The molecule has 1 aliphatic heterocycles. The van der Waals surface area contributed by atoms with Crippen molar-refractivity contribution in [1.82, 2.24) is 19.7 Å². The minimum Gasteiger partial charge on any atom is -0.399 e. The van der Waals surface area contributed by atoms with Gasteiger partial charge in [-0.05, 0) is 24.6 Å². The average Bonchev–Trinajstić information content (AvgIpc) is 3.01. The molecule has 0 radical (unpaired) electrons. The summed E-state index contributed by atoms with van der Waals surface area (Å²) in [6.07, 6.45) is 2.04. The molecule has 0 saturated carbocycles. The Morgan fingerprint density at radius 2 is 2.00 bits per heavy atom. The zero-order valence-electron chi connectivity index (χ0n) is 11.9. The highest BCUT2D eigenvalue weighted by Gasteiger charge is 2.20. The maximum atomic E-state index is 12.4. The van der Waals surface area contributed by atoms with Crippen molar-refractivity contribution in [2.75, 3.05) is 18.5 Å². The van der Waals surface area contributed by atoms with Gasteiger partial charge in [-0.3, -0.25) is 4.79 Å². The lowest BCUT2D eigenvalue weighted by atomic mass is 10.1. The molecular weight excluding hydrogens is 268 g/mol. The molecule has 1 aromatic carbocycles. The van der Waals surface area contributed by atoms with E-state index in [1.165, 1.54) is 0 Å². The molecule has 110 valence electrons. The summed E-state index contributed by atoms with van der Waals surface area (Å²) in [5.74, 6) is 1.68. The number of amides is 1. The maximum Gasteiger partial charge on any atom is 0.254 e. The van der Waals surface area contributed by atoms with E-state index in [1.807, 2.05) is 0 Å². The average molecular weight is 286 g/mol. The van der Waals surface area contributed by atoms with Crippen LogP contribution in [-0.2, 0) is 19.5 Å². The summed E-state index contributed by atoms with van der Waals surface area (Å²) in [6, 6.07) is 4.88. The van der Waals surface area contributed by atoms with Crippen LogP contribution in [0.1, 0.15) is 28.4 Å². The molecule has 2 aromatic rings. The van der Waals surface area contributed by atoms with Gasteiger partial charge in [-0.25, -0.2) is 0 Å². The summed E-state index contributed by atoms with van der Waals surface area (Å²) in [5, 5.41) is 8.30. The summed E-state index contributed by atoms with van der Waals surface area (Å²) in [6.45, 7) is 1.34. The Bertz CT molecular complexity index is 673. The standard InChI is InChI=1S/C14H18N6O/c1-19(8-13-18-17-12-3-2-4-20(12)13)14(21)9-5-10(15)7-11(16)6-9/h5-7H,2-4,8,15-16H2,1H3. The highest BCUT2D eigenvalue weighted by atomic mass is 16.2. The van der Waals surface area contributed by atoms with Gasteiger partial charge in [0, 0.05) is 37.0 Å². The summed E-state index contributed by atoms with van der Waals surface area (Å²) >= 11 is 0. The number of nitrogens with two attached hydrogens (primary N) is 2. The summed E-state index contributed by atoms with van der Waals surface area (Å²) in [5.41, 5.74) is 12.9. The highest BCUT2D eigenvalue weighted by molar-refractivity contribution is 5.95. The molecular formula is C14H18N6O. The Morgan fingerprint density at radius 3 is 2.71 bits per heavy atom. The van der Waals surface area contributed by atoms with E-state index in [0.717, 1.165) is 31.0 Å². The molecule has 3 rings (SSSR count). The molecule has 0 fully saturated rings. The van der Waals surface area contributed by atoms with Crippen molar-refractivity contribution in [3.05, 3.63) is 35.4 Å². The van der Waals surface area contributed by atoms with E-state index < -0.39 is 0 Å². The van der Waals surface area contributed by atoms with E-state index in [4.69, 9.17) is 11.5 Å². The summed E-state index contributed by atoms with van der Waals surface area (Å²) < 4.78 is 2.08. The molecule has 1 amide bonds. The molecule has 0 spiro atoms. The van der Waals surface area contributed by atoms with Crippen LogP contribution >= 0.6 is 0 Å². The number of aryl methyl sites for hydroxylation is 1. The lowest BCUT2D eigenvalue weighted by Crippen LogP contribution is -2.28. The van der Waals surface area contributed by atoms with Crippen molar-refractivity contribution in [3.63, 3.8) is 0 Å². The third-order valence-electron chi connectivity index (χ3n) is 3.64. The number of carbonyl (C=O) groups is 1. The highest BCUT2D eigenvalue weighted by Crippen LogP contribution is 2.18. The smallest absolute Gasteiger partial charge is 0.254 e. The van der Waals surface area contributed by atoms with Crippen molar-refractivity contribution in [3.8, 4) is 0 Å². The number of nitrogen functional groups attached to an aromatic ring is 2. The van der Waals surface area contributed by atoms with E-state index in [1.54, 1.807) is 30.1 Å². The third kappa shape index (κ3) is 2.54. The lowest BCUT2D eigenvalue weighted by Gasteiger charge is -2.17. The zero-order valence-corrected chi connectivity index (χ0v) is 11.9. The van der Waals surface area contributed by atoms with Gasteiger partial charge in [0.05, 0.1) is 6.54 Å². The summed E-state index contributed by atoms with van der Waals surface area (Å²) in [7, 11) is 1.73. The fourth-order valence-corrected chi connectivity index (χ4v) is 2.63. The Kier molecular flexibility index (Phi) is 3.25. The predicted octanol–water partition coefficient (Wildman–Crippen LogP) is 0.661. The van der Waals surface area contributed by atoms with Gasteiger partial charge >= 0.3 is 0 Å². The largest absolute Gasteiger partial charge is 0.399 e. The molecule has 2 heterocycles. The van der Waals surface area contributed by atoms with Crippen molar-refractivity contribution < 1.29 is 4.79 Å². The number of rotatable bonds is 3. The normalized spacial score (nSPS) is 13.2. The van der Waals surface area contributed by atoms with E-state index in [9.17, 15) is 4.79 Å². The molecule has 7 nitrogen and oxygen atoms in total. The molecule has 0 saturated heterocycles. The van der Waals surface area contributed by atoms with Crippen molar-refractivity contribution in [1.29, 1.82) is 0 Å². The van der Waals surface area contributed by atoms with Crippen LogP contribution < -0.4 is 11.5 Å². The van der Waals surface area contributed by atoms with Crippen LogP contribution in [0.5, 0.6) is 0 Å². The van der Waals surface area contributed by atoms with E-state index in [-0.39, 0.29) is 5.91 Å². The molecule has 0 atom stereocenters. The lowest BCUT2D eigenvalue weighted by molar-refractivity contribution is 0.0780. The van der Waals surface area contributed by atoms with Crippen LogP contribution in [0.15, 0.2) is 18.2 Å². The molecule has 21 heavy (non-hydrogen) atoms. The third-order valence-corrected chi connectivity index (χ3v) is 3.64. The van der Waals surface area contributed by atoms with E-state index in [2.05, 4.69) is 14.8 Å². The fourth-order valence-electron chi connectivity index (χ4n) is 2.63. The number of aromatic nitrogens is 3. The fraction of sp³-hybridized carbons (Fsp3) is 0.357. The predicted molar refractivity (Wildman–Crippen MR) is 79.4 cm³/mol. The molecule has 1 aliphatic rings. The monoisotopic (exact) mass is 286 g/mol. The van der Waals surface area contributed by atoms with Crippen LogP contribution in [0, 0.1) is 0 Å². The van der Waals surface area contributed by atoms with Crippen molar-refractivity contribution in [2.24, 2.45) is 0 Å². The first-order valence-electron chi connectivity index (χ1n) is 6.87. The van der Waals surface area contributed by atoms with Crippen LogP contribution in [0.2, 0.25) is 0 Å². The molecule has 7 heteroatoms. The molecule has 0 aliphatic carbocycles. The SMILES string of the molecule is CN(Cc1nnc2n1CCC2)C(=O)c1cc(N)cc(N)c1. The first-order chi connectivity index (χ1) is 10.0. The van der Waals surface area contributed by atoms with Gasteiger partial charge in [0.15, 0.2) is 5.82 Å². The number of carbonyl (C=O) groups excluding carboxylic acids is 1. The van der Waals surface area contributed by atoms with Crippen LogP contribution in [0.4, 0.5) is 11.4 Å². The quantitative estimate of drug-likeness (QED) is 0.807. The van der Waals surface area contributed by atoms with Gasteiger partial charge in [0.2, 0.25) is 0 Å². The van der Waals surface area contributed by atoms with Crippen molar-refractivity contribution in [2.45, 2.75) is 25.9 Å². The molecule has 1 aromatic heterocycles. The van der Waals surface area contributed by atoms with Crippen LogP contribution in [0.25, 0.3) is 0 Å². The minimum absolute atomic E-state index is 0.135. The number of anilines is 2. The van der Waals surface area contributed by atoms with E-state index >= 15 is 0 Å². The van der Waals surface area contributed by atoms with Gasteiger partial charge in [0.25, 0.3) is 5.91 Å². The second-order valence-electron chi connectivity index (χ2n) is 5.34. The topological polar surface area (TPSA) is 103 Å². The number of hydrogen-bond donors (Lipinski definition) is 2. The number of fused-ring (bicyclic) bond motifs is 1. The van der Waals surface area contributed by atoms with Crippen LogP contribution in [0.3, 0.4) is 0 Å². The summed E-state index contributed by atoms with van der Waals surface area (Å²) in [4.78, 5) is 14.0. The Morgan fingerprint density at radius 1 is 1.29 bits per heavy atom. The zero-order chi connectivity index (χ0) is 15.0. The minimum atomic E-state index is -0.135. The molecule has 0 bridgehead atoms. The van der Waals surface area contributed by atoms with Gasteiger partial charge in [0.1, 0.15) is 5.82 Å². The second-order valence-corrected chi connectivity index (χ2v) is 5.34.